The highest BCUT2D eigenvalue weighted by molar-refractivity contribution is 7.07. The van der Waals surface area contributed by atoms with Gasteiger partial charge in [-0.05, 0) is 55.4 Å². The van der Waals surface area contributed by atoms with Crippen LogP contribution < -0.4 is 10.5 Å². The molecule has 2 aromatic heterocycles. The van der Waals surface area contributed by atoms with Gasteiger partial charge in [-0.3, -0.25) is 0 Å². The van der Waals surface area contributed by atoms with Crippen LogP contribution in [0, 0.1) is 0 Å². The fourth-order valence-corrected chi connectivity index (χ4v) is 3.97. The number of benzene rings is 2. The molecule has 4 rings (SSSR count). The summed E-state index contributed by atoms with van der Waals surface area (Å²) >= 11 is 1.54. The van der Waals surface area contributed by atoms with E-state index in [1.165, 1.54) is 17.4 Å². The molecular weight excluding hydrogens is 360 g/mol. The van der Waals surface area contributed by atoms with Gasteiger partial charge in [-0.1, -0.05) is 0 Å². The molecule has 0 bridgehead atoms. The minimum absolute atomic E-state index is 0.132. The van der Waals surface area contributed by atoms with Crippen LogP contribution in [0.4, 0.5) is 5.69 Å². The number of rotatable bonds is 5. The topological polar surface area (TPSA) is 99.6 Å². The van der Waals surface area contributed by atoms with Crippen LogP contribution in [-0.4, -0.2) is 26.3 Å². The summed E-state index contributed by atoms with van der Waals surface area (Å²) in [7, 11) is 0. The number of fused-ring (bicyclic) bond motifs is 1. The van der Waals surface area contributed by atoms with E-state index in [1.807, 2.05) is 35.8 Å². The van der Waals surface area contributed by atoms with Crippen molar-refractivity contribution in [2.24, 2.45) is 10.7 Å². The first-order chi connectivity index (χ1) is 13.2. The average Bonchev–Trinajstić information content (AvgIpc) is 3.29. The third-order valence-electron chi connectivity index (χ3n) is 4.42. The Balaban J connectivity index is 1.82. The number of nitrogens with two attached hydrogens (primary N) is 1. The number of phenols is 2. The van der Waals surface area contributed by atoms with Crippen LogP contribution in [0.2, 0.25) is 0 Å². The van der Waals surface area contributed by atoms with Crippen molar-refractivity contribution in [1.82, 2.24) is 9.55 Å². The summed E-state index contributed by atoms with van der Waals surface area (Å²) in [5.41, 5.74) is 9.43. The molecule has 0 saturated heterocycles. The average molecular weight is 380 g/mol. The molecule has 7 heteroatoms. The summed E-state index contributed by atoms with van der Waals surface area (Å²) in [5, 5.41) is 22.6. The molecule has 4 aromatic rings. The van der Waals surface area contributed by atoms with E-state index in [4.69, 9.17) is 10.7 Å². The van der Waals surface area contributed by atoms with Crippen molar-refractivity contribution >= 4 is 27.9 Å². The van der Waals surface area contributed by atoms with Crippen LogP contribution in [0.5, 0.6) is 11.5 Å². The van der Waals surface area contributed by atoms with Gasteiger partial charge in [-0.25, -0.2) is 4.99 Å². The molecule has 0 fully saturated rings. The normalized spacial score (nSPS) is 12.1. The van der Waals surface area contributed by atoms with Crippen LogP contribution in [0.3, 0.4) is 0 Å². The highest BCUT2D eigenvalue weighted by Gasteiger charge is 2.10. The third-order valence-corrected chi connectivity index (χ3v) is 5.28. The van der Waals surface area contributed by atoms with Crippen LogP contribution >= 0.6 is 11.3 Å². The molecule has 0 radical (unpaired) electrons. The number of aromatic hydroxyl groups is 2. The first-order valence-electron chi connectivity index (χ1n) is 8.68. The highest BCUT2D eigenvalue weighted by Crippen LogP contribution is 2.31. The van der Waals surface area contributed by atoms with Gasteiger partial charge in [0.15, 0.2) is 16.3 Å². The van der Waals surface area contributed by atoms with Crippen molar-refractivity contribution in [3.8, 4) is 22.8 Å². The monoisotopic (exact) mass is 380 g/mol. The number of hydrogen-bond donors (Lipinski definition) is 4. The molecule has 2 heterocycles. The lowest BCUT2D eigenvalue weighted by atomic mass is 10.1. The number of aromatic nitrogens is 2. The van der Waals surface area contributed by atoms with Crippen LogP contribution in [0.15, 0.2) is 59.0 Å². The van der Waals surface area contributed by atoms with Crippen LogP contribution in [-0.2, 0) is 6.54 Å². The number of aromatic amines is 1. The Bertz CT molecular complexity index is 1160. The summed E-state index contributed by atoms with van der Waals surface area (Å²) in [6, 6.07) is 12.9. The van der Waals surface area contributed by atoms with E-state index in [1.54, 1.807) is 12.1 Å². The molecule has 0 spiro atoms. The summed E-state index contributed by atoms with van der Waals surface area (Å²) in [5.74, 6) is -0.271. The molecule has 0 amide bonds. The Hall–Kier alpha value is -3.03. The standard InChI is InChI=1S/C20H20N4O2S/c21-7-1-9-24-17(14-2-5-18(25)19(26)11-14)12-27-20(24)23-15-3-4-16-13(10-15)6-8-22-16/h2-6,8,10-12,22,25-26H,1,7,9,21H2. The fraction of sp³-hybridized carbons (Fsp3) is 0.150. The largest absolute Gasteiger partial charge is 0.504 e. The molecular formula is C20H20N4O2S. The molecule has 6 nitrogen and oxygen atoms in total. The van der Waals surface area contributed by atoms with E-state index in [0.29, 0.717) is 6.54 Å². The summed E-state index contributed by atoms with van der Waals surface area (Å²) in [6.45, 7) is 1.31. The van der Waals surface area contributed by atoms with Crippen molar-refractivity contribution < 1.29 is 10.2 Å². The molecule has 0 saturated carbocycles. The minimum atomic E-state index is -0.138. The zero-order valence-electron chi connectivity index (χ0n) is 14.6. The van der Waals surface area contributed by atoms with Crippen LogP contribution in [0.1, 0.15) is 6.42 Å². The number of nitrogens with one attached hydrogen (secondary N) is 1. The number of H-pyrrole nitrogens is 1. The zero-order chi connectivity index (χ0) is 18.8. The van der Waals surface area contributed by atoms with Gasteiger partial charge >= 0.3 is 0 Å². The third kappa shape index (κ3) is 3.47. The van der Waals surface area contributed by atoms with Gasteiger partial charge in [-0.15, -0.1) is 11.3 Å². The van der Waals surface area contributed by atoms with E-state index in [-0.39, 0.29) is 11.5 Å². The zero-order valence-corrected chi connectivity index (χ0v) is 15.4. The number of thiazole rings is 1. The Morgan fingerprint density at radius 3 is 2.78 bits per heavy atom. The second-order valence-corrected chi connectivity index (χ2v) is 7.10. The SMILES string of the molecule is NCCCn1c(-c2ccc(O)c(O)c2)csc1=Nc1ccc2[nH]ccc2c1. The molecule has 5 N–H and O–H groups in total. The summed E-state index contributed by atoms with van der Waals surface area (Å²) < 4.78 is 2.10. The van der Waals surface area contributed by atoms with Gasteiger partial charge in [0.2, 0.25) is 0 Å². The van der Waals surface area contributed by atoms with Gasteiger partial charge in [-0.2, -0.15) is 0 Å². The quantitative estimate of drug-likeness (QED) is 0.397. The summed E-state index contributed by atoms with van der Waals surface area (Å²) in [6.07, 6.45) is 2.73. The highest BCUT2D eigenvalue weighted by atomic mass is 32.1. The van der Waals surface area contributed by atoms with E-state index in [2.05, 4.69) is 9.55 Å². The minimum Gasteiger partial charge on any atom is -0.504 e. The number of hydrogen-bond acceptors (Lipinski definition) is 5. The summed E-state index contributed by atoms with van der Waals surface area (Å²) in [4.78, 5) is 8.87. The van der Waals surface area contributed by atoms with Crippen molar-refractivity contribution in [1.29, 1.82) is 0 Å². The fourth-order valence-electron chi connectivity index (χ4n) is 3.02. The molecule has 0 aliphatic carbocycles. The Morgan fingerprint density at radius 1 is 1.07 bits per heavy atom. The maximum atomic E-state index is 9.85. The smallest absolute Gasteiger partial charge is 0.190 e. The predicted octanol–water partition coefficient (Wildman–Crippen LogP) is 3.69. The van der Waals surface area contributed by atoms with E-state index in [9.17, 15) is 10.2 Å². The van der Waals surface area contributed by atoms with Crippen molar-refractivity contribution in [3.63, 3.8) is 0 Å². The first kappa shape index (κ1) is 17.4. The van der Waals surface area contributed by atoms with Gasteiger partial charge in [0.05, 0.1) is 11.4 Å². The predicted molar refractivity (Wildman–Crippen MR) is 108 cm³/mol. The lowest BCUT2D eigenvalue weighted by molar-refractivity contribution is 0.404. The van der Waals surface area contributed by atoms with E-state index in [0.717, 1.165) is 45.6 Å². The first-order valence-corrected chi connectivity index (χ1v) is 9.56. The molecule has 0 aliphatic heterocycles. The van der Waals surface area contributed by atoms with E-state index < -0.39 is 0 Å². The molecule has 138 valence electrons. The molecule has 0 aliphatic rings. The van der Waals surface area contributed by atoms with Gasteiger partial charge in [0, 0.05) is 34.6 Å². The second kappa shape index (κ2) is 7.30. The van der Waals surface area contributed by atoms with Crippen molar-refractivity contribution in [2.45, 2.75) is 13.0 Å². The maximum absolute atomic E-state index is 9.85. The van der Waals surface area contributed by atoms with E-state index >= 15 is 0 Å². The van der Waals surface area contributed by atoms with Gasteiger partial charge in [0.25, 0.3) is 0 Å². The molecule has 27 heavy (non-hydrogen) atoms. The maximum Gasteiger partial charge on any atom is 0.190 e. The number of nitrogens with zero attached hydrogens (tertiary/aromatic N) is 2. The van der Waals surface area contributed by atoms with Crippen molar-refractivity contribution in [2.75, 3.05) is 6.54 Å². The van der Waals surface area contributed by atoms with Crippen LogP contribution in [0.25, 0.3) is 22.2 Å². The number of phenolic OH excluding ortho intramolecular Hbond substituents is 2. The van der Waals surface area contributed by atoms with Gasteiger partial charge in [0.1, 0.15) is 0 Å². The van der Waals surface area contributed by atoms with Crippen molar-refractivity contribution in [3.05, 3.63) is 58.8 Å². The lowest BCUT2D eigenvalue weighted by Crippen LogP contribution is -2.18. The van der Waals surface area contributed by atoms with Gasteiger partial charge < -0.3 is 25.5 Å². The molecule has 0 unspecified atom stereocenters. The Labute approximate surface area is 159 Å². The molecule has 0 atom stereocenters. The Morgan fingerprint density at radius 2 is 1.96 bits per heavy atom. The Kier molecular flexibility index (Phi) is 4.70. The lowest BCUT2D eigenvalue weighted by Gasteiger charge is -2.09. The second-order valence-electron chi connectivity index (χ2n) is 6.26. The molecule has 2 aromatic carbocycles.